The number of sulfonamides is 1. The Kier molecular flexibility index (Phi) is 4.04. The molecule has 0 bridgehead atoms. The number of aromatic nitrogens is 2. The first-order valence-electron chi connectivity index (χ1n) is 8.99. The Morgan fingerprint density at radius 2 is 1.93 bits per heavy atom. The monoisotopic (exact) mass is 391 g/mol. The standard InChI is InChI=1S/C18H22N4O4S/c1-10-4-5-14-12(8-10)13-9-21(3)7-6-15(13)22(14)27(25,26)16-11(2)19-18(24)20-17(16)23/h4-5,8,13,15H,6-7,9H2,1-3H3,(H2,19,20,23,24)/p+1/t13-,15+/m0/s1. The number of fused-ring (bicyclic) bond motifs is 3. The second kappa shape index (κ2) is 6.07. The predicted molar refractivity (Wildman–Crippen MR) is 101 cm³/mol. The van der Waals surface area contributed by atoms with Gasteiger partial charge in [-0.25, -0.2) is 13.2 Å². The van der Waals surface area contributed by atoms with Crippen LogP contribution in [0.2, 0.25) is 0 Å². The van der Waals surface area contributed by atoms with Crippen molar-refractivity contribution in [3.63, 3.8) is 0 Å². The van der Waals surface area contributed by atoms with Gasteiger partial charge in [-0.15, -0.1) is 0 Å². The maximum absolute atomic E-state index is 13.5. The topological polar surface area (TPSA) is 108 Å². The average Bonchev–Trinajstić information content (AvgIpc) is 2.87. The van der Waals surface area contributed by atoms with Crippen LogP contribution in [-0.2, 0) is 10.0 Å². The lowest BCUT2D eigenvalue weighted by Crippen LogP contribution is -3.11. The van der Waals surface area contributed by atoms with Crippen LogP contribution in [0.3, 0.4) is 0 Å². The van der Waals surface area contributed by atoms with Crippen LogP contribution in [0.25, 0.3) is 0 Å². The van der Waals surface area contributed by atoms with Gasteiger partial charge in [-0.1, -0.05) is 17.7 Å². The summed E-state index contributed by atoms with van der Waals surface area (Å²) in [6, 6.07) is 5.54. The molecule has 1 saturated heterocycles. The van der Waals surface area contributed by atoms with Crippen molar-refractivity contribution in [3.05, 3.63) is 55.9 Å². The number of hydrogen-bond donors (Lipinski definition) is 3. The van der Waals surface area contributed by atoms with E-state index >= 15 is 0 Å². The molecular formula is C18H23N4O4S+. The number of H-pyrrole nitrogens is 2. The molecule has 3 atom stereocenters. The number of benzene rings is 1. The summed E-state index contributed by atoms with van der Waals surface area (Å²) in [5.74, 6) is 0.0885. The van der Waals surface area contributed by atoms with E-state index in [1.165, 1.54) is 16.1 Å². The molecule has 0 saturated carbocycles. The molecule has 144 valence electrons. The van der Waals surface area contributed by atoms with E-state index in [0.717, 1.165) is 24.2 Å². The number of piperidine rings is 1. The lowest BCUT2D eigenvalue weighted by molar-refractivity contribution is -0.886. The van der Waals surface area contributed by atoms with Crippen LogP contribution < -0.4 is 20.5 Å². The zero-order valence-corrected chi connectivity index (χ0v) is 16.3. The summed E-state index contributed by atoms with van der Waals surface area (Å²) < 4.78 is 28.5. The molecule has 1 aromatic heterocycles. The Labute approximate surface area is 156 Å². The van der Waals surface area contributed by atoms with E-state index in [2.05, 4.69) is 12.0 Å². The molecule has 1 aromatic carbocycles. The second-order valence-electron chi connectivity index (χ2n) is 7.60. The van der Waals surface area contributed by atoms with E-state index in [4.69, 9.17) is 0 Å². The third-order valence-corrected chi connectivity index (χ3v) is 7.61. The quantitative estimate of drug-likeness (QED) is 0.627. The minimum Gasteiger partial charge on any atom is -0.337 e. The van der Waals surface area contributed by atoms with Crippen molar-refractivity contribution in [3.8, 4) is 0 Å². The Hall–Kier alpha value is -2.39. The summed E-state index contributed by atoms with van der Waals surface area (Å²) >= 11 is 0. The van der Waals surface area contributed by atoms with Crippen LogP contribution in [-0.4, -0.2) is 44.6 Å². The van der Waals surface area contributed by atoms with Crippen molar-refractivity contribution >= 4 is 15.7 Å². The molecule has 0 amide bonds. The Morgan fingerprint density at radius 1 is 1.19 bits per heavy atom. The summed E-state index contributed by atoms with van der Waals surface area (Å²) in [6.07, 6.45) is 0.712. The van der Waals surface area contributed by atoms with Crippen LogP contribution in [0.1, 0.15) is 29.2 Å². The van der Waals surface area contributed by atoms with Gasteiger partial charge in [0.15, 0.2) is 4.90 Å². The summed E-state index contributed by atoms with van der Waals surface area (Å²) in [5, 5.41) is 0. The molecule has 0 spiro atoms. The normalized spacial score (nSPS) is 24.6. The minimum absolute atomic E-state index is 0.0550. The molecule has 4 rings (SSSR count). The summed E-state index contributed by atoms with van der Waals surface area (Å²) in [7, 11) is -2.01. The molecule has 9 heteroatoms. The molecule has 2 aliphatic heterocycles. The number of hydrogen-bond acceptors (Lipinski definition) is 4. The number of nitrogens with zero attached hydrogens (tertiary/aromatic N) is 1. The van der Waals surface area contributed by atoms with Crippen LogP contribution >= 0.6 is 0 Å². The van der Waals surface area contributed by atoms with Crippen LogP contribution in [0.15, 0.2) is 32.7 Å². The Bertz CT molecular complexity index is 1130. The van der Waals surface area contributed by atoms with Crippen LogP contribution in [0, 0.1) is 13.8 Å². The highest BCUT2D eigenvalue weighted by Gasteiger charge is 2.49. The first kappa shape index (κ1) is 18.0. The minimum atomic E-state index is -4.12. The number of aryl methyl sites for hydroxylation is 2. The summed E-state index contributed by atoms with van der Waals surface area (Å²) in [5.41, 5.74) is 1.19. The van der Waals surface area contributed by atoms with Gasteiger partial charge in [-0.2, -0.15) is 0 Å². The smallest absolute Gasteiger partial charge is 0.325 e. The lowest BCUT2D eigenvalue weighted by Gasteiger charge is -2.34. The van der Waals surface area contributed by atoms with E-state index in [9.17, 15) is 18.0 Å². The van der Waals surface area contributed by atoms with Crippen LogP contribution in [0.4, 0.5) is 5.69 Å². The molecule has 0 radical (unpaired) electrons. The van der Waals surface area contributed by atoms with E-state index in [-0.39, 0.29) is 22.5 Å². The number of aromatic amines is 2. The maximum Gasteiger partial charge on any atom is 0.325 e. The van der Waals surface area contributed by atoms with Gasteiger partial charge in [0, 0.05) is 12.1 Å². The number of likely N-dealkylation sites (N-methyl/N-ethyl adjacent to an activating group) is 1. The summed E-state index contributed by atoms with van der Waals surface area (Å²) in [4.78, 5) is 29.3. The van der Waals surface area contributed by atoms with Gasteiger partial charge in [-0.3, -0.25) is 14.1 Å². The molecule has 1 fully saturated rings. The van der Waals surface area contributed by atoms with E-state index in [1.54, 1.807) is 0 Å². The van der Waals surface area contributed by atoms with Crippen molar-refractivity contribution < 1.29 is 13.3 Å². The molecule has 0 aliphatic carbocycles. The van der Waals surface area contributed by atoms with Crippen LogP contribution in [0.5, 0.6) is 0 Å². The molecule has 2 aromatic rings. The van der Waals surface area contributed by atoms with Gasteiger partial charge in [-0.05, 0) is 25.5 Å². The number of nitrogens with one attached hydrogen (secondary N) is 3. The Morgan fingerprint density at radius 3 is 2.63 bits per heavy atom. The van der Waals surface area contributed by atoms with Gasteiger partial charge in [0.25, 0.3) is 15.6 Å². The number of rotatable bonds is 2. The van der Waals surface area contributed by atoms with E-state index in [0.29, 0.717) is 12.1 Å². The molecule has 3 N–H and O–H groups in total. The number of likely N-dealkylation sites (tertiary alicyclic amines) is 1. The lowest BCUT2D eigenvalue weighted by atomic mass is 9.89. The largest absolute Gasteiger partial charge is 0.337 e. The first-order chi connectivity index (χ1) is 12.7. The van der Waals surface area contributed by atoms with Gasteiger partial charge in [0.05, 0.1) is 37.8 Å². The predicted octanol–water partition coefficient (Wildman–Crippen LogP) is -0.740. The average molecular weight is 391 g/mol. The summed E-state index contributed by atoms with van der Waals surface area (Å²) in [6.45, 7) is 5.13. The van der Waals surface area contributed by atoms with Crippen molar-refractivity contribution in [1.82, 2.24) is 9.97 Å². The fourth-order valence-corrected chi connectivity index (χ4v) is 6.42. The maximum atomic E-state index is 13.5. The second-order valence-corrected chi connectivity index (χ2v) is 9.35. The van der Waals surface area contributed by atoms with Crippen molar-refractivity contribution in [2.75, 3.05) is 24.4 Å². The van der Waals surface area contributed by atoms with Gasteiger partial charge < -0.3 is 9.88 Å². The van der Waals surface area contributed by atoms with Crippen molar-refractivity contribution in [2.24, 2.45) is 0 Å². The first-order valence-corrected chi connectivity index (χ1v) is 10.4. The molecule has 8 nitrogen and oxygen atoms in total. The highest BCUT2D eigenvalue weighted by molar-refractivity contribution is 7.93. The van der Waals surface area contributed by atoms with Crippen molar-refractivity contribution in [2.45, 2.75) is 37.1 Å². The zero-order valence-electron chi connectivity index (χ0n) is 15.5. The van der Waals surface area contributed by atoms with Gasteiger partial charge in [0.2, 0.25) is 0 Å². The highest BCUT2D eigenvalue weighted by atomic mass is 32.2. The number of anilines is 1. The highest BCUT2D eigenvalue weighted by Crippen LogP contribution is 2.45. The van der Waals surface area contributed by atoms with Gasteiger partial charge >= 0.3 is 5.69 Å². The molecule has 3 heterocycles. The zero-order chi connectivity index (χ0) is 19.5. The molecule has 1 unspecified atom stereocenters. The fraction of sp³-hybridized carbons (Fsp3) is 0.444. The van der Waals surface area contributed by atoms with E-state index in [1.807, 2.05) is 30.1 Å². The molecule has 27 heavy (non-hydrogen) atoms. The number of quaternary nitrogens is 1. The molecule has 2 aliphatic rings. The SMILES string of the molecule is Cc1ccc2c(c1)[C@@H]1C[NH+](C)CC[C@H]1N2S(=O)(=O)c1c(C)[nH]c(=O)[nH]c1=O. The van der Waals surface area contributed by atoms with Crippen molar-refractivity contribution in [1.29, 1.82) is 0 Å². The van der Waals surface area contributed by atoms with Gasteiger partial charge in [0.1, 0.15) is 0 Å². The van der Waals surface area contributed by atoms with E-state index < -0.39 is 21.3 Å². The fourth-order valence-electron chi connectivity index (χ4n) is 4.46. The Balaban J connectivity index is 1.93. The third kappa shape index (κ3) is 2.72. The molecular weight excluding hydrogens is 368 g/mol. The third-order valence-electron chi connectivity index (χ3n) is 5.61.